The second-order valence-corrected chi connectivity index (χ2v) is 7.78. The number of urea groups is 1. The minimum Gasteiger partial charge on any atom is -0.442 e. The number of hydrogen-bond acceptors (Lipinski definition) is 6. The van der Waals surface area contributed by atoms with E-state index in [0.717, 1.165) is 31.7 Å². The molecule has 3 amide bonds. The number of carbonyl (C=O) groups is 2. The lowest BCUT2D eigenvalue weighted by atomic mass is 9.96. The maximum Gasteiger partial charge on any atom is 0.414 e. The van der Waals surface area contributed by atoms with Gasteiger partial charge in [-0.05, 0) is 25.0 Å². The Morgan fingerprint density at radius 3 is 2.69 bits per heavy atom. The summed E-state index contributed by atoms with van der Waals surface area (Å²) in [6.45, 7) is 3.71. The van der Waals surface area contributed by atoms with E-state index in [1.165, 1.54) is 19.3 Å². The Hall–Kier alpha value is -2.55. The van der Waals surface area contributed by atoms with Crippen LogP contribution in [0.2, 0.25) is 0 Å². The molecule has 3 heterocycles. The highest BCUT2D eigenvalue weighted by Gasteiger charge is 2.33. The summed E-state index contributed by atoms with van der Waals surface area (Å²) < 4.78 is 10.8. The van der Waals surface area contributed by atoms with E-state index in [9.17, 15) is 9.59 Å². The first kappa shape index (κ1) is 19.8. The summed E-state index contributed by atoms with van der Waals surface area (Å²) in [5.41, 5.74) is 0.696. The number of aromatic nitrogens is 1. The van der Waals surface area contributed by atoms with Crippen LogP contribution in [0.1, 0.15) is 32.1 Å². The smallest absolute Gasteiger partial charge is 0.414 e. The Kier molecular flexibility index (Phi) is 6.33. The first-order chi connectivity index (χ1) is 14.2. The minimum atomic E-state index is -0.412. The molecule has 1 atom stereocenters. The molecular weight excluding hydrogens is 374 g/mol. The van der Waals surface area contributed by atoms with Crippen LogP contribution in [0.4, 0.5) is 21.1 Å². The Morgan fingerprint density at radius 2 is 1.97 bits per heavy atom. The summed E-state index contributed by atoms with van der Waals surface area (Å²) in [4.78, 5) is 32.5. The Balaban J connectivity index is 1.25. The largest absolute Gasteiger partial charge is 0.442 e. The molecule has 1 aromatic heterocycles. The van der Waals surface area contributed by atoms with Crippen LogP contribution >= 0.6 is 0 Å². The maximum absolute atomic E-state index is 12.3. The van der Waals surface area contributed by atoms with Crippen LogP contribution in [-0.4, -0.2) is 68.6 Å². The third-order valence-corrected chi connectivity index (χ3v) is 5.68. The van der Waals surface area contributed by atoms with Gasteiger partial charge in [-0.2, -0.15) is 0 Å². The fourth-order valence-electron chi connectivity index (χ4n) is 4.05. The first-order valence-corrected chi connectivity index (χ1v) is 10.5. The topological polar surface area (TPSA) is 96.0 Å². The third-order valence-electron chi connectivity index (χ3n) is 5.68. The highest BCUT2D eigenvalue weighted by molar-refractivity contribution is 5.89. The lowest BCUT2D eigenvalue weighted by molar-refractivity contribution is 0.122. The van der Waals surface area contributed by atoms with Crippen molar-refractivity contribution in [2.24, 2.45) is 0 Å². The zero-order valence-corrected chi connectivity index (χ0v) is 16.6. The molecule has 0 bridgehead atoms. The number of rotatable bonds is 5. The van der Waals surface area contributed by atoms with Crippen LogP contribution < -0.4 is 20.4 Å². The molecule has 1 aliphatic carbocycles. The summed E-state index contributed by atoms with van der Waals surface area (Å²) >= 11 is 0. The molecule has 2 aliphatic heterocycles. The standard InChI is InChI=1S/C20H29N5O4/c26-19(23-15-4-2-1-3-5-15)22-13-17-14-25(20(27)29-17)16-6-7-18(21-12-16)24-8-10-28-11-9-24/h6-7,12,15,17H,1-5,8-11,13-14H2,(H2,22,23,26)/t17-/m0/s1. The number of carbonyl (C=O) groups excluding carboxylic acids is 2. The Bertz CT molecular complexity index is 701. The average molecular weight is 403 g/mol. The molecule has 3 fully saturated rings. The van der Waals surface area contributed by atoms with Gasteiger partial charge in [-0.3, -0.25) is 4.90 Å². The van der Waals surface area contributed by atoms with Gasteiger partial charge >= 0.3 is 12.1 Å². The quantitative estimate of drug-likeness (QED) is 0.779. The molecule has 158 valence electrons. The van der Waals surface area contributed by atoms with Crippen molar-refractivity contribution in [3.8, 4) is 0 Å². The van der Waals surface area contributed by atoms with E-state index in [-0.39, 0.29) is 18.2 Å². The van der Waals surface area contributed by atoms with Crippen LogP contribution in [0.25, 0.3) is 0 Å². The molecule has 9 nitrogen and oxygen atoms in total. The van der Waals surface area contributed by atoms with Gasteiger partial charge in [0.25, 0.3) is 0 Å². The predicted molar refractivity (Wildman–Crippen MR) is 108 cm³/mol. The van der Waals surface area contributed by atoms with E-state index in [2.05, 4.69) is 20.5 Å². The van der Waals surface area contributed by atoms with Crippen LogP contribution in [0, 0.1) is 0 Å². The highest BCUT2D eigenvalue weighted by atomic mass is 16.6. The van der Waals surface area contributed by atoms with E-state index >= 15 is 0 Å². The van der Waals surface area contributed by atoms with Crippen molar-refractivity contribution in [1.82, 2.24) is 15.6 Å². The molecule has 0 unspecified atom stereocenters. The van der Waals surface area contributed by atoms with Crippen molar-refractivity contribution in [3.05, 3.63) is 18.3 Å². The van der Waals surface area contributed by atoms with Gasteiger partial charge < -0.3 is 25.0 Å². The van der Waals surface area contributed by atoms with Crippen molar-refractivity contribution in [2.45, 2.75) is 44.2 Å². The fraction of sp³-hybridized carbons (Fsp3) is 0.650. The number of cyclic esters (lactones) is 1. The molecule has 1 aromatic rings. The van der Waals surface area contributed by atoms with E-state index in [4.69, 9.17) is 9.47 Å². The molecule has 2 saturated heterocycles. The SMILES string of the molecule is O=C(NC[C@H]1CN(c2ccc(N3CCOCC3)nc2)C(=O)O1)NC1CCCCC1. The summed E-state index contributed by atoms with van der Waals surface area (Å²) in [7, 11) is 0. The van der Waals surface area contributed by atoms with Gasteiger partial charge in [0.1, 0.15) is 11.9 Å². The fourth-order valence-corrected chi connectivity index (χ4v) is 4.05. The van der Waals surface area contributed by atoms with Gasteiger partial charge in [-0.15, -0.1) is 0 Å². The van der Waals surface area contributed by atoms with E-state index in [1.54, 1.807) is 11.1 Å². The molecule has 1 saturated carbocycles. The highest BCUT2D eigenvalue weighted by Crippen LogP contribution is 2.23. The average Bonchev–Trinajstić information content (AvgIpc) is 3.14. The summed E-state index contributed by atoms with van der Waals surface area (Å²) in [5.74, 6) is 0.877. The van der Waals surface area contributed by atoms with Crippen molar-refractivity contribution in [3.63, 3.8) is 0 Å². The number of nitrogens with zero attached hydrogens (tertiary/aromatic N) is 3. The first-order valence-electron chi connectivity index (χ1n) is 10.5. The zero-order chi connectivity index (χ0) is 20.1. The number of morpholine rings is 1. The normalized spacial score (nSPS) is 23.0. The number of anilines is 2. The van der Waals surface area contributed by atoms with Crippen molar-refractivity contribution >= 4 is 23.6 Å². The molecule has 29 heavy (non-hydrogen) atoms. The van der Waals surface area contributed by atoms with Gasteiger partial charge in [0.15, 0.2) is 0 Å². The number of pyridine rings is 1. The summed E-state index contributed by atoms with van der Waals surface area (Å²) in [6.07, 6.45) is 6.55. The van der Waals surface area contributed by atoms with Crippen LogP contribution in [0.5, 0.6) is 0 Å². The Morgan fingerprint density at radius 1 is 1.17 bits per heavy atom. The second kappa shape index (κ2) is 9.30. The maximum atomic E-state index is 12.3. The number of amides is 3. The minimum absolute atomic E-state index is 0.192. The lowest BCUT2D eigenvalue weighted by Gasteiger charge is -2.28. The van der Waals surface area contributed by atoms with Gasteiger partial charge in [0, 0.05) is 19.1 Å². The van der Waals surface area contributed by atoms with Crippen LogP contribution in [-0.2, 0) is 9.47 Å². The van der Waals surface area contributed by atoms with Gasteiger partial charge in [0.2, 0.25) is 0 Å². The second-order valence-electron chi connectivity index (χ2n) is 7.78. The molecule has 2 N–H and O–H groups in total. The molecule has 0 spiro atoms. The van der Waals surface area contributed by atoms with Gasteiger partial charge in [0.05, 0.1) is 38.2 Å². The molecule has 4 rings (SSSR count). The molecule has 0 aromatic carbocycles. The van der Waals surface area contributed by atoms with Gasteiger partial charge in [-0.25, -0.2) is 14.6 Å². The molecule has 0 radical (unpaired) electrons. The van der Waals surface area contributed by atoms with Crippen molar-refractivity contribution < 1.29 is 19.1 Å². The molecule has 3 aliphatic rings. The zero-order valence-electron chi connectivity index (χ0n) is 16.6. The Labute approximate surface area is 170 Å². The lowest BCUT2D eigenvalue weighted by Crippen LogP contribution is -2.45. The van der Waals surface area contributed by atoms with Crippen molar-refractivity contribution in [1.29, 1.82) is 0 Å². The van der Waals surface area contributed by atoms with Crippen LogP contribution in [0.3, 0.4) is 0 Å². The molecular formula is C20H29N5O4. The number of hydrogen-bond donors (Lipinski definition) is 2. The van der Waals surface area contributed by atoms with Crippen LogP contribution in [0.15, 0.2) is 18.3 Å². The van der Waals surface area contributed by atoms with Gasteiger partial charge in [-0.1, -0.05) is 19.3 Å². The van der Waals surface area contributed by atoms with E-state index in [0.29, 0.717) is 32.0 Å². The third kappa shape index (κ3) is 5.09. The molecule has 9 heteroatoms. The van der Waals surface area contributed by atoms with Crippen molar-refractivity contribution in [2.75, 3.05) is 49.2 Å². The van der Waals surface area contributed by atoms with E-state index in [1.807, 2.05) is 12.1 Å². The summed E-state index contributed by atoms with van der Waals surface area (Å²) in [5, 5.41) is 5.84. The van der Waals surface area contributed by atoms with E-state index < -0.39 is 6.09 Å². The number of ether oxygens (including phenoxy) is 2. The monoisotopic (exact) mass is 403 g/mol. The predicted octanol–water partition coefficient (Wildman–Crippen LogP) is 1.88. The summed E-state index contributed by atoms with van der Waals surface area (Å²) in [6, 6.07) is 3.85. The number of nitrogens with one attached hydrogen (secondary N) is 2.